The molecule has 128 valence electrons. The van der Waals surface area contributed by atoms with E-state index >= 15 is 0 Å². The number of aryl methyl sites for hydroxylation is 2. The first-order chi connectivity index (χ1) is 10.9. The molecule has 2 heterocycles. The zero-order valence-corrected chi connectivity index (χ0v) is 13.9. The van der Waals surface area contributed by atoms with Gasteiger partial charge in [-0.25, -0.2) is 0 Å². The van der Waals surface area contributed by atoms with Crippen molar-refractivity contribution in [3.8, 4) is 0 Å². The number of aliphatic hydroxyl groups is 1. The molecule has 2 N–H and O–H groups in total. The monoisotopic (exact) mass is 323 g/mol. The van der Waals surface area contributed by atoms with Crippen LogP contribution in [0.3, 0.4) is 0 Å². The van der Waals surface area contributed by atoms with Gasteiger partial charge >= 0.3 is 5.97 Å². The third-order valence-electron chi connectivity index (χ3n) is 4.69. The average Bonchev–Trinajstić information content (AvgIpc) is 2.89. The summed E-state index contributed by atoms with van der Waals surface area (Å²) < 4.78 is 1.63. The summed E-state index contributed by atoms with van der Waals surface area (Å²) in [4.78, 5) is 25.9. The summed E-state index contributed by atoms with van der Waals surface area (Å²) in [7, 11) is 0. The molecule has 1 saturated heterocycles. The summed E-state index contributed by atoms with van der Waals surface area (Å²) >= 11 is 0. The second kappa shape index (κ2) is 6.70. The molecule has 2 rings (SSSR count). The van der Waals surface area contributed by atoms with Crippen molar-refractivity contribution < 1.29 is 19.8 Å². The van der Waals surface area contributed by atoms with Crippen molar-refractivity contribution >= 4 is 11.9 Å². The largest absolute Gasteiger partial charge is 0.481 e. The van der Waals surface area contributed by atoms with E-state index < -0.39 is 17.5 Å². The van der Waals surface area contributed by atoms with Gasteiger partial charge in [0.05, 0.1) is 17.2 Å². The van der Waals surface area contributed by atoms with Crippen molar-refractivity contribution in [3.05, 3.63) is 17.5 Å². The van der Waals surface area contributed by atoms with Crippen LogP contribution < -0.4 is 0 Å². The van der Waals surface area contributed by atoms with E-state index in [9.17, 15) is 19.8 Å². The summed E-state index contributed by atoms with van der Waals surface area (Å²) in [6, 6.07) is 1.73. The first-order valence-electron chi connectivity index (χ1n) is 8.11. The molecule has 1 aliphatic heterocycles. The minimum absolute atomic E-state index is 0.0407. The molecule has 1 unspecified atom stereocenters. The third-order valence-corrected chi connectivity index (χ3v) is 4.69. The summed E-state index contributed by atoms with van der Waals surface area (Å²) in [5, 5.41) is 24.2. The van der Waals surface area contributed by atoms with Crippen LogP contribution in [-0.2, 0) is 11.3 Å². The molecule has 1 fully saturated rings. The molecule has 0 aliphatic carbocycles. The fourth-order valence-corrected chi connectivity index (χ4v) is 3.38. The van der Waals surface area contributed by atoms with Crippen LogP contribution in [0.5, 0.6) is 0 Å². The fourth-order valence-electron chi connectivity index (χ4n) is 3.38. The Kier molecular flexibility index (Phi) is 5.09. The Hall–Kier alpha value is -1.89. The number of hydrogen-bond donors (Lipinski definition) is 2. The second-order valence-electron chi connectivity index (χ2n) is 6.21. The number of aliphatic carboxylic acids is 1. The first-order valence-corrected chi connectivity index (χ1v) is 8.11. The van der Waals surface area contributed by atoms with E-state index in [4.69, 9.17) is 0 Å². The lowest BCUT2D eigenvalue weighted by molar-refractivity contribution is -0.162. The van der Waals surface area contributed by atoms with Crippen molar-refractivity contribution in [2.24, 2.45) is 5.41 Å². The average molecular weight is 323 g/mol. The number of carbonyl (C=O) groups is 2. The Bertz CT molecular complexity index is 598. The van der Waals surface area contributed by atoms with Gasteiger partial charge in [0.2, 0.25) is 0 Å². The smallest absolute Gasteiger partial charge is 0.312 e. The van der Waals surface area contributed by atoms with Gasteiger partial charge in [-0.1, -0.05) is 13.3 Å². The second-order valence-corrected chi connectivity index (χ2v) is 6.21. The Labute approximate surface area is 135 Å². The summed E-state index contributed by atoms with van der Waals surface area (Å²) in [5.74, 6) is -1.18. The lowest BCUT2D eigenvalue weighted by atomic mass is 9.73. The summed E-state index contributed by atoms with van der Waals surface area (Å²) in [6.07, 6.45) is 0.302. The Morgan fingerprint density at radius 3 is 2.65 bits per heavy atom. The van der Waals surface area contributed by atoms with E-state index in [2.05, 4.69) is 5.10 Å². The topological polar surface area (TPSA) is 95.7 Å². The maximum atomic E-state index is 12.7. The van der Waals surface area contributed by atoms with Crippen LogP contribution in [0.4, 0.5) is 0 Å². The zero-order chi connectivity index (χ0) is 17.2. The van der Waals surface area contributed by atoms with Gasteiger partial charge in [-0.3, -0.25) is 14.3 Å². The van der Waals surface area contributed by atoms with E-state index in [-0.39, 0.29) is 18.9 Å². The lowest BCUT2D eigenvalue weighted by Gasteiger charge is -2.42. The first kappa shape index (κ1) is 17.5. The molecule has 2 atom stereocenters. The molecule has 0 bridgehead atoms. The molecular formula is C16H25N3O4. The maximum absolute atomic E-state index is 12.7. The van der Waals surface area contributed by atoms with Crippen molar-refractivity contribution in [2.75, 3.05) is 13.1 Å². The predicted molar refractivity (Wildman–Crippen MR) is 84.1 cm³/mol. The number of β-amino-alcohol motifs (C(OH)–C–C–N with tert-alkyl or cyclic N) is 1. The van der Waals surface area contributed by atoms with Crippen LogP contribution in [0.1, 0.15) is 49.3 Å². The van der Waals surface area contributed by atoms with E-state index in [0.29, 0.717) is 31.6 Å². The minimum atomic E-state index is -1.15. The highest BCUT2D eigenvalue weighted by atomic mass is 16.4. The number of aliphatic hydroxyl groups excluding tert-OH is 1. The number of piperidine rings is 1. The highest BCUT2D eigenvalue weighted by Crippen LogP contribution is 2.37. The maximum Gasteiger partial charge on any atom is 0.312 e. The molecule has 1 aromatic rings. The third kappa shape index (κ3) is 3.10. The Balaban J connectivity index is 2.19. The van der Waals surface area contributed by atoms with Crippen LogP contribution in [0.2, 0.25) is 0 Å². The molecule has 7 heteroatoms. The highest BCUT2D eigenvalue weighted by molar-refractivity contribution is 5.93. The number of aromatic nitrogens is 2. The molecule has 0 aromatic carbocycles. The number of carbonyl (C=O) groups excluding carboxylic acids is 1. The summed E-state index contributed by atoms with van der Waals surface area (Å²) in [5.41, 5.74) is 0.0982. The van der Waals surface area contributed by atoms with Crippen molar-refractivity contribution in [1.29, 1.82) is 0 Å². The van der Waals surface area contributed by atoms with Crippen molar-refractivity contribution in [1.82, 2.24) is 14.7 Å². The molecular weight excluding hydrogens is 298 g/mol. The Morgan fingerprint density at radius 2 is 2.13 bits per heavy atom. The standard InChI is InChI=1S/C16H25N3O4/c1-4-6-16(15(22)23)7-8-18(10-13(16)20)14(21)12-9-11(3)17-19(12)5-2/h9,13,20H,4-8,10H2,1-3H3,(H,22,23)/t13?,16-/m0/s1. The molecule has 7 nitrogen and oxygen atoms in total. The van der Waals surface area contributed by atoms with Gasteiger partial charge in [0.1, 0.15) is 5.69 Å². The van der Waals surface area contributed by atoms with Gasteiger partial charge in [-0.2, -0.15) is 5.10 Å². The molecule has 1 aromatic heterocycles. The Morgan fingerprint density at radius 1 is 1.43 bits per heavy atom. The molecule has 0 saturated carbocycles. The van der Waals surface area contributed by atoms with Crippen LogP contribution in [0, 0.1) is 12.3 Å². The normalized spacial score (nSPS) is 24.7. The zero-order valence-electron chi connectivity index (χ0n) is 13.9. The molecule has 0 radical (unpaired) electrons. The number of hydrogen-bond acceptors (Lipinski definition) is 4. The van der Waals surface area contributed by atoms with Gasteiger partial charge in [-0.05, 0) is 32.8 Å². The highest BCUT2D eigenvalue weighted by Gasteiger charge is 2.48. The lowest BCUT2D eigenvalue weighted by Crippen LogP contribution is -2.56. The van der Waals surface area contributed by atoms with E-state index in [0.717, 1.165) is 5.69 Å². The number of carboxylic acids is 1. The molecule has 1 aliphatic rings. The van der Waals surface area contributed by atoms with Crippen LogP contribution in [0.15, 0.2) is 6.07 Å². The molecule has 23 heavy (non-hydrogen) atoms. The molecule has 1 amide bonds. The molecule has 0 spiro atoms. The fraction of sp³-hybridized carbons (Fsp3) is 0.688. The van der Waals surface area contributed by atoms with E-state index in [1.165, 1.54) is 4.90 Å². The van der Waals surface area contributed by atoms with Crippen LogP contribution in [-0.4, -0.2) is 56.0 Å². The SMILES string of the molecule is CCC[C@]1(C(=O)O)CCN(C(=O)c2cc(C)nn2CC)CC1O. The number of carboxylic acid groups (broad SMARTS) is 1. The quantitative estimate of drug-likeness (QED) is 0.851. The number of rotatable bonds is 5. The number of likely N-dealkylation sites (tertiary alicyclic amines) is 1. The number of nitrogens with zero attached hydrogens (tertiary/aromatic N) is 3. The van der Waals surface area contributed by atoms with E-state index in [1.807, 2.05) is 20.8 Å². The van der Waals surface area contributed by atoms with Gasteiger partial charge in [0.25, 0.3) is 5.91 Å². The van der Waals surface area contributed by atoms with Gasteiger partial charge in [0, 0.05) is 19.6 Å². The minimum Gasteiger partial charge on any atom is -0.481 e. The van der Waals surface area contributed by atoms with Crippen molar-refractivity contribution in [3.63, 3.8) is 0 Å². The summed E-state index contributed by atoms with van der Waals surface area (Å²) in [6.45, 7) is 6.59. The van der Waals surface area contributed by atoms with Gasteiger partial charge in [-0.15, -0.1) is 0 Å². The number of amides is 1. The van der Waals surface area contributed by atoms with Gasteiger partial charge < -0.3 is 15.1 Å². The predicted octanol–water partition coefficient (Wildman–Crippen LogP) is 1.29. The van der Waals surface area contributed by atoms with E-state index in [1.54, 1.807) is 10.7 Å². The van der Waals surface area contributed by atoms with Gasteiger partial charge in [0.15, 0.2) is 0 Å². The van der Waals surface area contributed by atoms with Crippen molar-refractivity contribution in [2.45, 2.75) is 52.7 Å². The van der Waals surface area contributed by atoms with Crippen LogP contribution in [0.25, 0.3) is 0 Å². The van der Waals surface area contributed by atoms with Crippen LogP contribution >= 0.6 is 0 Å².